The van der Waals surface area contributed by atoms with Crippen LogP contribution in [0.5, 0.6) is 0 Å². The Labute approximate surface area is 129 Å². The summed E-state index contributed by atoms with van der Waals surface area (Å²) in [5.74, 6) is -0.106. The van der Waals surface area contributed by atoms with Gasteiger partial charge in [-0.2, -0.15) is 10.2 Å². The SMILES string of the molecule is CCn1cc(C(C)NC(=O)Cn2cc(Cl)c(C)n2)c(C)n1. The standard InChI is InChI=1S/C14H20ClN5O/c1-5-19-6-12(10(3)17-19)9(2)16-14(21)8-20-7-13(15)11(4)18-20/h6-7,9H,5,8H2,1-4H3,(H,16,21). The van der Waals surface area contributed by atoms with Crippen molar-refractivity contribution >= 4 is 17.5 Å². The third-order valence-corrected chi connectivity index (χ3v) is 3.72. The van der Waals surface area contributed by atoms with E-state index in [4.69, 9.17) is 11.6 Å². The average molecular weight is 310 g/mol. The van der Waals surface area contributed by atoms with Crippen LogP contribution in [0.2, 0.25) is 5.02 Å². The van der Waals surface area contributed by atoms with Gasteiger partial charge >= 0.3 is 0 Å². The number of carbonyl (C=O) groups is 1. The molecule has 1 atom stereocenters. The van der Waals surface area contributed by atoms with E-state index in [1.54, 1.807) is 10.9 Å². The fourth-order valence-corrected chi connectivity index (χ4v) is 2.36. The van der Waals surface area contributed by atoms with Crippen LogP contribution in [0, 0.1) is 13.8 Å². The monoisotopic (exact) mass is 309 g/mol. The zero-order valence-corrected chi connectivity index (χ0v) is 13.5. The van der Waals surface area contributed by atoms with Crippen molar-refractivity contribution in [2.45, 2.75) is 46.8 Å². The highest BCUT2D eigenvalue weighted by Crippen LogP contribution is 2.16. The lowest BCUT2D eigenvalue weighted by Crippen LogP contribution is -2.30. The molecule has 0 fully saturated rings. The lowest BCUT2D eigenvalue weighted by molar-refractivity contribution is -0.122. The molecule has 21 heavy (non-hydrogen) atoms. The van der Waals surface area contributed by atoms with Gasteiger partial charge in [0.1, 0.15) is 6.54 Å². The number of nitrogens with one attached hydrogen (secondary N) is 1. The molecule has 0 saturated heterocycles. The van der Waals surface area contributed by atoms with Crippen LogP contribution in [0.25, 0.3) is 0 Å². The first kappa shape index (κ1) is 15.6. The average Bonchev–Trinajstić information content (AvgIpc) is 2.92. The van der Waals surface area contributed by atoms with E-state index in [1.165, 1.54) is 0 Å². The maximum absolute atomic E-state index is 12.1. The van der Waals surface area contributed by atoms with Crippen molar-refractivity contribution in [3.8, 4) is 0 Å². The van der Waals surface area contributed by atoms with Crippen molar-refractivity contribution in [3.63, 3.8) is 0 Å². The van der Waals surface area contributed by atoms with Crippen molar-refractivity contribution < 1.29 is 4.79 Å². The number of aryl methyl sites for hydroxylation is 3. The number of aromatic nitrogens is 4. The quantitative estimate of drug-likeness (QED) is 0.921. The van der Waals surface area contributed by atoms with Crippen LogP contribution < -0.4 is 5.32 Å². The van der Waals surface area contributed by atoms with E-state index in [1.807, 2.05) is 38.6 Å². The molecule has 0 aliphatic rings. The van der Waals surface area contributed by atoms with Gasteiger partial charge in [-0.1, -0.05) is 11.6 Å². The molecular weight excluding hydrogens is 290 g/mol. The largest absolute Gasteiger partial charge is 0.348 e. The lowest BCUT2D eigenvalue weighted by atomic mass is 10.1. The Morgan fingerprint density at radius 3 is 2.48 bits per heavy atom. The lowest BCUT2D eigenvalue weighted by Gasteiger charge is -2.13. The first-order chi connectivity index (χ1) is 9.90. The molecule has 1 amide bonds. The molecule has 0 spiro atoms. The second-order valence-corrected chi connectivity index (χ2v) is 5.48. The molecule has 6 nitrogen and oxygen atoms in total. The second kappa shape index (κ2) is 6.30. The molecule has 1 unspecified atom stereocenters. The van der Waals surface area contributed by atoms with E-state index in [9.17, 15) is 4.79 Å². The van der Waals surface area contributed by atoms with E-state index in [0.717, 1.165) is 23.5 Å². The summed E-state index contributed by atoms with van der Waals surface area (Å²) in [5.41, 5.74) is 2.68. The van der Waals surface area contributed by atoms with E-state index >= 15 is 0 Å². The van der Waals surface area contributed by atoms with E-state index in [2.05, 4.69) is 15.5 Å². The van der Waals surface area contributed by atoms with Crippen LogP contribution in [-0.4, -0.2) is 25.5 Å². The molecule has 2 aromatic heterocycles. The van der Waals surface area contributed by atoms with E-state index in [0.29, 0.717) is 5.02 Å². The van der Waals surface area contributed by atoms with Gasteiger partial charge in [-0.15, -0.1) is 0 Å². The Balaban J connectivity index is 1.99. The highest BCUT2D eigenvalue weighted by Gasteiger charge is 2.15. The smallest absolute Gasteiger partial charge is 0.242 e. The van der Waals surface area contributed by atoms with Crippen molar-refractivity contribution in [2.24, 2.45) is 0 Å². The third-order valence-electron chi connectivity index (χ3n) is 3.34. The molecule has 2 aromatic rings. The van der Waals surface area contributed by atoms with Crippen molar-refractivity contribution in [3.05, 3.63) is 34.4 Å². The van der Waals surface area contributed by atoms with Crippen LogP contribution in [0.15, 0.2) is 12.4 Å². The van der Waals surface area contributed by atoms with Crippen molar-refractivity contribution in [1.29, 1.82) is 0 Å². The maximum atomic E-state index is 12.1. The van der Waals surface area contributed by atoms with E-state index < -0.39 is 0 Å². The summed E-state index contributed by atoms with van der Waals surface area (Å²) < 4.78 is 3.41. The Hall–Kier alpha value is -1.82. The van der Waals surface area contributed by atoms with Crippen molar-refractivity contribution in [1.82, 2.24) is 24.9 Å². The molecular formula is C14H20ClN5O. The Kier molecular flexibility index (Phi) is 4.67. The van der Waals surface area contributed by atoms with Gasteiger partial charge in [-0.05, 0) is 27.7 Å². The summed E-state index contributed by atoms with van der Waals surface area (Å²) in [5, 5.41) is 12.1. The number of hydrogen-bond acceptors (Lipinski definition) is 3. The molecule has 7 heteroatoms. The summed E-state index contributed by atoms with van der Waals surface area (Å²) in [6.45, 7) is 8.70. The summed E-state index contributed by atoms with van der Waals surface area (Å²) >= 11 is 5.93. The normalized spacial score (nSPS) is 12.4. The van der Waals surface area contributed by atoms with Crippen LogP contribution in [0.3, 0.4) is 0 Å². The van der Waals surface area contributed by atoms with Crippen LogP contribution in [0.1, 0.15) is 36.8 Å². The maximum Gasteiger partial charge on any atom is 0.242 e. The third kappa shape index (κ3) is 3.64. The second-order valence-electron chi connectivity index (χ2n) is 5.07. The van der Waals surface area contributed by atoms with Gasteiger partial charge in [0.15, 0.2) is 0 Å². The van der Waals surface area contributed by atoms with Gasteiger partial charge in [0.25, 0.3) is 0 Å². The minimum absolute atomic E-state index is 0.0927. The predicted molar refractivity (Wildman–Crippen MR) is 81.2 cm³/mol. The topological polar surface area (TPSA) is 64.7 Å². The minimum atomic E-state index is -0.106. The van der Waals surface area contributed by atoms with Crippen LogP contribution >= 0.6 is 11.6 Å². The molecule has 2 rings (SSSR count). The molecule has 0 bridgehead atoms. The molecule has 0 aliphatic heterocycles. The highest BCUT2D eigenvalue weighted by atomic mass is 35.5. The van der Waals surface area contributed by atoms with Gasteiger partial charge < -0.3 is 5.32 Å². The van der Waals surface area contributed by atoms with Gasteiger partial charge in [-0.3, -0.25) is 14.2 Å². The summed E-state index contributed by atoms with van der Waals surface area (Å²) in [6, 6.07) is -0.0927. The fourth-order valence-electron chi connectivity index (χ4n) is 2.21. The molecule has 0 saturated carbocycles. The molecule has 114 valence electrons. The zero-order valence-electron chi connectivity index (χ0n) is 12.7. The number of rotatable bonds is 5. The molecule has 2 heterocycles. The van der Waals surface area contributed by atoms with Crippen LogP contribution in [0.4, 0.5) is 0 Å². The number of carbonyl (C=O) groups excluding carboxylic acids is 1. The Morgan fingerprint density at radius 2 is 1.95 bits per heavy atom. The fraction of sp³-hybridized carbons (Fsp3) is 0.500. The minimum Gasteiger partial charge on any atom is -0.348 e. The summed E-state index contributed by atoms with van der Waals surface area (Å²) in [7, 11) is 0. The number of halogens is 1. The van der Waals surface area contributed by atoms with Gasteiger partial charge in [-0.25, -0.2) is 0 Å². The molecule has 0 radical (unpaired) electrons. The molecule has 0 aliphatic carbocycles. The zero-order chi connectivity index (χ0) is 15.6. The van der Waals surface area contributed by atoms with Crippen LogP contribution in [-0.2, 0) is 17.9 Å². The Bertz CT molecular complexity index is 626. The first-order valence-electron chi connectivity index (χ1n) is 6.93. The summed E-state index contributed by atoms with van der Waals surface area (Å²) in [4.78, 5) is 12.1. The number of nitrogens with zero attached hydrogens (tertiary/aromatic N) is 4. The predicted octanol–water partition coefficient (Wildman–Crippen LogP) is 2.25. The molecule has 0 aromatic carbocycles. The number of hydrogen-bond donors (Lipinski definition) is 1. The molecule has 1 N–H and O–H groups in total. The number of amides is 1. The first-order valence-corrected chi connectivity index (χ1v) is 7.31. The van der Waals surface area contributed by atoms with Gasteiger partial charge in [0.05, 0.1) is 22.5 Å². The summed E-state index contributed by atoms with van der Waals surface area (Å²) in [6.07, 6.45) is 3.62. The Morgan fingerprint density at radius 1 is 1.29 bits per heavy atom. The van der Waals surface area contributed by atoms with Crippen molar-refractivity contribution in [2.75, 3.05) is 0 Å². The van der Waals surface area contributed by atoms with Gasteiger partial charge in [0, 0.05) is 24.5 Å². The van der Waals surface area contributed by atoms with E-state index in [-0.39, 0.29) is 18.5 Å². The highest BCUT2D eigenvalue weighted by molar-refractivity contribution is 6.31. The van der Waals surface area contributed by atoms with Gasteiger partial charge in [0.2, 0.25) is 5.91 Å².